The number of sulfone groups is 1. The summed E-state index contributed by atoms with van der Waals surface area (Å²) in [6, 6.07) is 4.50. The second-order valence-electron chi connectivity index (χ2n) is 4.95. The molecule has 0 saturated carbocycles. The van der Waals surface area contributed by atoms with E-state index in [0.29, 0.717) is 28.4 Å². The molecule has 0 radical (unpaired) electrons. The smallest absolute Gasteiger partial charge is 0.232 e. The summed E-state index contributed by atoms with van der Waals surface area (Å²) in [5.41, 5.74) is 1.03. The van der Waals surface area contributed by atoms with Crippen LogP contribution in [0.3, 0.4) is 0 Å². The van der Waals surface area contributed by atoms with Crippen LogP contribution in [-0.2, 0) is 9.84 Å². The van der Waals surface area contributed by atoms with Crippen molar-refractivity contribution in [1.29, 1.82) is 0 Å². The number of hydrogen-bond donors (Lipinski definition) is 2. The number of aromatic nitrogens is 4. The van der Waals surface area contributed by atoms with Gasteiger partial charge in [-0.15, -0.1) is 0 Å². The monoisotopic (exact) mass is 349 g/mol. The molecule has 24 heavy (non-hydrogen) atoms. The Morgan fingerprint density at radius 1 is 1.17 bits per heavy atom. The van der Waals surface area contributed by atoms with E-state index in [2.05, 4.69) is 25.5 Å². The Kier molecular flexibility index (Phi) is 3.97. The van der Waals surface area contributed by atoms with E-state index in [4.69, 9.17) is 9.47 Å². The number of aromatic amines is 1. The van der Waals surface area contributed by atoms with Gasteiger partial charge in [0.1, 0.15) is 11.1 Å². The molecule has 0 spiro atoms. The predicted octanol–water partition coefficient (Wildman–Crippen LogP) is 1.52. The van der Waals surface area contributed by atoms with Gasteiger partial charge in [0, 0.05) is 12.3 Å². The van der Waals surface area contributed by atoms with Crippen molar-refractivity contribution in [3.05, 3.63) is 24.4 Å². The zero-order valence-electron chi connectivity index (χ0n) is 13.2. The number of H-pyrrole nitrogens is 1. The SMILES string of the molecule is COc1cc(S(C)(=O)=O)ccc1Nc1nc(OC)c2cn[nH]c2n1. The third-order valence-electron chi connectivity index (χ3n) is 3.32. The number of rotatable bonds is 5. The van der Waals surface area contributed by atoms with E-state index < -0.39 is 9.84 Å². The lowest BCUT2D eigenvalue weighted by Crippen LogP contribution is -2.03. The minimum absolute atomic E-state index is 0.160. The fraction of sp³-hybridized carbons (Fsp3) is 0.214. The molecule has 9 nitrogen and oxygen atoms in total. The van der Waals surface area contributed by atoms with E-state index in [1.54, 1.807) is 12.3 Å². The van der Waals surface area contributed by atoms with Gasteiger partial charge in [-0.3, -0.25) is 5.10 Å². The Morgan fingerprint density at radius 3 is 2.62 bits per heavy atom. The van der Waals surface area contributed by atoms with Gasteiger partial charge in [-0.1, -0.05) is 0 Å². The predicted molar refractivity (Wildman–Crippen MR) is 87.6 cm³/mol. The molecule has 2 heterocycles. The molecular formula is C14H15N5O4S. The summed E-state index contributed by atoms with van der Waals surface area (Å²) in [6.45, 7) is 0. The zero-order valence-corrected chi connectivity index (χ0v) is 14.0. The maximum Gasteiger partial charge on any atom is 0.232 e. The maximum absolute atomic E-state index is 11.6. The van der Waals surface area contributed by atoms with Crippen molar-refractivity contribution in [3.8, 4) is 11.6 Å². The fourth-order valence-electron chi connectivity index (χ4n) is 2.15. The Hall–Kier alpha value is -2.88. The quantitative estimate of drug-likeness (QED) is 0.711. The van der Waals surface area contributed by atoms with Gasteiger partial charge < -0.3 is 14.8 Å². The second kappa shape index (κ2) is 5.96. The van der Waals surface area contributed by atoms with Crippen LogP contribution in [0.2, 0.25) is 0 Å². The van der Waals surface area contributed by atoms with E-state index in [1.165, 1.54) is 26.4 Å². The van der Waals surface area contributed by atoms with E-state index in [1.807, 2.05) is 0 Å². The van der Waals surface area contributed by atoms with Crippen molar-refractivity contribution in [1.82, 2.24) is 20.2 Å². The topological polar surface area (TPSA) is 119 Å². The van der Waals surface area contributed by atoms with Crippen LogP contribution in [0, 0.1) is 0 Å². The number of benzene rings is 1. The van der Waals surface area contributed by atoms with Crippen molar-refractivity contribution < 1.29 is 17.9 Å². The second-order valence-corrected chi connectivity index (χ2v) is 6.96. The third kappa shape index (κ3) is 2.95. The lowest BCUT2D eigenvalue weighted by molar-refractivity contribution is 0.403. The first kappa shape index (κ1) is 16.0. The molecule has 0 bridgehead atoms. The first-order chi connectivity index (χ1) is 11.4. The van der Waals surface area contributed by atoms with Crippen LogP contribution < -0.4 is 14.8 Å². The molecule has 3 rings (SSSR count). The molecule has 0 atom stereocenters. The van der Waals surface area contributed by atoms with Gasteiger partial charge in [-0.05, 0) is 12.1 Å². The van der Waals surface area contributed by atoms with Crippen LogP contribution in [0.1, 0.15) is 0 Å². The highest BCUT2D eigenvalue weighted by atomic mass is 32.2. The van der Waals surface area contributed by atoms with E-state index in [-0.39, 0.29) is 10.8 Å². The van der Waals surface area contributed by atoms with Crippen LogP contribution in [0.15, 0.2) is 29.3 Å². The number of ether oxygens (including phenoxy) is 2. The van der Waals surface area contributed by atoms with Crippen LogP contribution in [0.4, 0.5) is 11.6 Å². The minimum Gasteiger partial charge on any atom is -0.495 e. The summed E-state index contributed by atoms with van der Waals surface area (Å²) in [5.74, 6) is 0.974. The van der Waals surface area contributed by atoms with Gasteiger partial charge in [0.15, 0.2) is 15.5 Å². The highest BCUT2D eigenvalue weighted by molar-refractivity contribution is 7.90. The molecule has 126 valence electrons. The van der Waals surface area contributed by atoms with Crippen molar-refractivity contribution in [2.24, 2.45) is 0 Å². The van der Waals surface area contributed by atoms with Crippen molar-refractivity contribution in [3.63, 3.8) is 0 Å². The molecule has 0 aliphatic carbocycles. The van der Waals surface area contributed by atoms with Crippen LogP contribution in [-0.4, -0.2) is 49.1 Å². The van der Waals surface area contributed by atoms with E-state index >= 15 is 0 Å². The van der Waals surface area contributed by atoms with Crippen molar-refractivity contribution >= 4 is 32.5 Å². The molecule has 0 aliphatic heterocycles. The number of anilines is 2. The molecule has 3 aromatic rings. The molecule has 0 fully saturated rings. The average molecular weight is 349 g/mol. The molecular weight excluding hydrogens is 334 g/mol. The minimum atomic E-state index is -3.33. The van der Waals surface area contributed by atoms with Gasteiger partial charge in [-0.2, -0.15) is 15.1 Å². The average Bonchev–Trinajstić information content (AvgIpc) is 3.01. The van der Waals surface area contributed by atoms with Gasteiger partial charge >= 0.3 is 0 Å². The van der Waals surface area contributed by atoms with Crippen LogP contribution in [0.25, 0.3) is 11.0 Å². The summed E-state index contributed by atoms with van der Waals surface area (Å²) in [4.78, 5) is 8.71. The number of nitrogens with one attached hydrogen (secondary N) is 2. The highest BCUT2D eigenvalue weighted by Gasteiger charge is 2.14. The largest absolute Gasteiger partial charge is 0.495 e. The molecule has 0 unspecified atom stereocenters. The maximum atomic E-state index is 11.6. The Morgan fingerprint density at radius 2 is 1.96 bits per heavy atom. The Balaban J connectivity index is 2.02. The summed E-state index contributed by atoms with van der Waals surface area (Å²) < 4.78 is 33.8. The van der Waals surface area contributed by atoms with E-state index in [0.717, 1.165) is 6.26 Å². The molecule has 0 saturated heterocycles. The van der Waals surface area contributed by atoms with Crippen LogP contribution in [0.5, 0.6) is 11.6 Å². The van der Waals surface area contributed by atoms with Gasteiger partial charge in [0.2, 0.25) is 11.8 Å². The summed E-state index contributed by atoms with van der Waals surface area (Å²) in [6.07, 6.45) is 2.70. The Bertz CT molecular complexity index is 1000. The lowest BCUT2D eigenvalue weighted by Gasteiger charge is -2.12. The lowest BCUT2D eigenvalue weighted by atomic mass is 10.3. The molecule has 1 aromatic carbocycles. The van der Waals surface area contributed by atoms with Gasteiger partial charge in [0.05, 0.1) is 31.0 Å². The number of methoxy groups -OCH3 is 2. The number of hydrogen-bond acceptors (Lipinski definition) is 8. The van der Waals surface area contributed by atoms with Gasteiger partial charge in [0.25, 0.3) is 0 Å². The first-order valence-corrected chi connectivity index (χ1v) is 8.71. The zero-order chi connectivity index (χ0) is 17.3. The standard InChI is InChI=1S/C14H15N5O4S/c1-22-11-6-8(24(3,20)21)4-5-10(11)16-14-17-12-9(7-15-19-12)13(18-14)23-2/h4-7H,1-3H3,(H2,15,16,17,18,19). The summed E-state index contributed by atoms with van der Waals surface area (Å²) in [5, 5.41) is 10.3. The number of nitrogens with zero attached hydrogens (tertiary/aromatic N) is 3. The molecule has 0 amide bonds. The molecule has 2 N–H and O–H groups in total. The Labute approximate surface area is 138 Å². The molecule has 0 aliphatic rings. The summed E-state index contributed by atoms with van der Waals surface area (Å²) in [7, 11) is -0.379. The summed E-state index contributed by atoms with van der Waals surface area (Å²) >= 11 is 0. The van der Waals surface area contributed by atoms with Crippen molar-refractivity contribution in [2.75, 3.05) is 25.8 Å². The van der Waals surface area contributed by atoms with Crippen molar-refractivity contribution in [2.45, 2.75) is 4.90 Å². The first-order valence-electron chi connectivity index (χ1n) is 6.82. The van der Waals surface area contributed by atoms with Crippen LogP contribution >= 0.6 is 0 Å². The molecule has 10 heteroatoms. The van der Waals surface area contributed by atoms with E-state index in [9.17, 15) is 8.42 Å². The fourth-order valence-corrected chi connectivity index (χ4v) is 2.78. The normalized spacial score (nSPS) is 11.5. The van der Waals surface area contributed by atoms with Gasteiger partial charge in [-0.25, -0.2) is 8.42 Å². The number of fused-ring (bicyclic) bond motifs is 1. The highest BCUT2D eigenvalue weighted by Crippen LogP contribution is 2.30. The molecule has 2 aromatic heterocycles. The third-order valence-corrected chi connectivity index (χ3v) is 4.43.